The minimum atomic E-state index is -0.107. The Balaban J connectivity index is 1.52. The topological polar surface area (TPSA) is 64.4 Å². The fraction of sp³-hybridized carbons (Fsp3) is 0.280. The molecule has 0 bridgehead atoms. The zero-order valence-electron chi connectivity index (χ0n) is 18.4. The lowest BCUT2D eigenvalue weighted by Gasteiger charge is -2.09. The van der Waals surface area contributed by atoms with Crippen LogP contribution >= 0.6 is 11.3 Å². The number of aryl methyl sites for hydroxylation is 2. The van der Waals surface area contributed by atoms with E-state index in [0.717, 1.165) is 38.4 Å². The first-order valence-corrected chi connectivity index (χ1v) is 11.1. The molecule has 0 fully saturated rings. The average Bonchev–Trinajstić information content (AvgIpc) is 3.29. The van der Waals surface area contributed by atoms with Crippen LogP contribution in [0.4, 0.5) is 5.13 Å². The number of amides is 1. The van der Waals surface area contributed by atoms with Crippen LogP contribution in [0.25, 0.3) is 22.2 Å². The maximum absolute atomic E-state index is 12.7. The fourth-order valence-corrected chi connectivity index (χ4v) is 4.66. The summed E-state index contributed by atoms with van der Waals surface area (Å²) in [4.78, 5) is 18.4. The molecule has 1 N–H and O–H groups in total. The Labute approximate surface area is 186 Å². The van der Waals surface area contributed by atoms with Gasteiger partial charge in [-0.2, -0.15) is 0 Å². The van der Waals surface area contributed by atoms with Crippen LogP contribution in [-0.2, 0) is 11.2 Å². The van der Waals surface area contributed by atoms with Gasteiger partial charge in [-0.1, -0.05) is 13.8 Å². The Hall–Kier alpha value is -3.12. The van der Waals surface area contributed by atoms with E-state index < -0.39 is 0 Å². The van der Waals surface area contributed by atoms with E-state index in [-0.39, 0.29) is 12.3 Å². The standard InChI is InChI=1S/C25H26N2O3S/c1-14(2)20-12-21-18(13-30-22(21)10-15(20)3)11-23(28)26-25-27-24(16(4)31-25)17-6-8-19(29-5)9-7-17/h6-10,12-14H,11H2,1-5H3,(H,26,27,28). The van der Waals surface area contributed by atoms with Crippen LogP contribution in [0, 0.1) is 13.8 Å². The summed E-state index contributed by atoms with van der Waals surface area (Å²) >= 11 is 1.47. The van der Waals surface area contributed by atoms with Gasteiger partial charge in [0.05, 0.1) is 25.5 Å². The molecule has 5 nitrogen and oxygen atoms in total. The zero-order chi connectivity index (χ0) is 22.1. The molecule has 2 aromatic heterocycles. The first-order valence-electron chi connectivity index (χ1n) is 10.3. The number of ether oxygens (including phenoxy) is 1. The van der Waals surface area contributed by atoms with E-state index in [1.807, 2.05) is 31.2 Å². The van der Waals surface area contributed by atoms with Gasteiger partial charge in [0.25, 0.3) is 0 Å². The lowest BCUT2D eigenvalue weighted by atomic mass is 9.95. The molecule has 2 aromatic carbocycles. The van der Waals surface area contributed by atoms with Crippen molar-refractivity contribution in [3.8, 4) is 17.0 Å². The van der Waals surface area contributed by atoms with Crippen molar-refractivity contribution in [2.45, 2.75) is 40.0 Å². The maximum atomic E-state index is 12.7. The molecule has 0 radical (unpaired) electrons. The van der Waals surface area contributed by atoms with E-state index in [2.05, 4.69) is 43.2 Å². The van der Waals surface area contributed by atoms with Crippen molar-refractivity contribution in [1.82, 2.24) is 4.98 Å². The molecule has 31 heavy (non-hydrogen) atoms. The highest BCUT2D eigenvalue weighted by molar-refractivity contribution is 7.16. The predicted molar refractivity (Wildman–Crippen MR) is 126 cm³/mol. The molecule has 0 aliphatic heterocycles. The van der Waals surface area contributed by atoms with Crippen LogP contribution in [-0.4, -0.2) is 18.0 Å². The van der Waals surface area contributed by atoms with Gasteiger partial charge in [-0.25, -0.2) is 4.98 Å². The molecule has 4 aromatic rings. The van der Waals surface area contributed by atoms with E-state index in [1.54, 1.807) is 13.4 Å². The molecule has 0 unspecified atom stereocenters. The van der Waals surface area contributed by atoms with Crippen molar-refractivity contribution in [1.29, 1.82) is 0 Å². The second-order valence-corrected chi connectivity index (χ2v) is 9.20. The number of furan rings is 1. The molecule has 2 heterocycles. The number of methoxy groups -OCH3 is 1. The van der Waals surface area contributed by atoms with Gasteiger partial charge in [0.2, 0.25) is 5.91 Å². The summed E-state index contributed by atoms with van der Waals surface area (Å²) in [6, 6.07) is 12.0. The van der Waals surface area contributed by atoms with E-state index in [1.165, 1.54) is 22.5 Å². The lowest BCUT2D eigenvalue weighted by Crippen LogP contribution is -2.14. The van der Waals surface area contributed by atoms with Crippen LogP contribution in [0.5, 0.6) is 5.75 Å². The van der Waals surface area contributed by atoms with Crippen LogP contribution in [0.15, 0.2) is 47.1 Å². The Morgan fingerprint density at radius 2 is 1.94 bits per heavy atom. The summed E-state index contributed by atoms with van der Waals surface area (Å²) in [5, 5.41) is 4.55. The number of thiazole rings is 1. The molecular weight excluding hydrogens is 408 g/mol. The fourth-order valence-electron chi connectivity index (χ4n) is 3.81. The minimum absolute atomic E-state index is 0.107. The maximum Gasteiger partial charge on any atom is 0.230 e. The second-order valence-electron chi connectivity index (χ2n) is 8.00. The van der Waals surface area contributed by atoms with Crippen LogP contribution < -0.4 is 10.1 Å². The van der Waals surface area contributed by atoms with Gasteiger partial charge in [-0.15, -0.1) is 11.3 Å². The monoisotopic (exact) mass is 434 g/mol. The van der Waals surface area contributed by atoms with Crippen molar-refractivity contribution >= 4 is 33.3 Å². The molecule has 0 saturated heterocycles. The molecule has 0 spiro atoms. The SMILES string of the molecule is COc1ccc(-c2nc(NC(=O)Cc3coc4cc(C)c(C(C)C)cc34)sc2C)cc1. The number of carbonyl (C=O) groups is 1. The van der Waals surface area contributed by atoms with Crippen molar-refractivity contribution < 1.29 is 13.9 Å². The normalized spacial score (nSPS) is 11.3. The largest absolute Gasteiger partial charge is 0.497 e. The van der Waals surface area contributed by atoms with Crippen molar-refractivity contribution in [3.63, 3.8) is 0 Å². The summed E-state index contributed by atoms with van der Waals surface area (Å²) in [5.41, 5.74) is 6.04. The summed E-state index contributed by atoms with van der Waals surface area (Å²) in [7, 11) is 1.64. The third-order valence-electron chi connectivity index (χ3n) is 5.42. The predicted octanol–water partition coefficient (Wildman–Crippen LogP) is 6.49. The number of benzene rings is 2. The third kappa shape index (κ3) is 4.35. The Kier molecular flexibility index (Phi) is 5.83. The lowest BCUT2D eigenvalue weighted by molar-refractivity contribution is -0.115. The summed E-state index contributed by atoms with van der Waals surface area (Å²) < 4.78 is 10.9. The average molecular weight is 435 g/mol. The van der Waals surface area contributed by atoms with Gasteiger partial charge in [0, 0.05) is 21.4 Å². The molecule has 4 rings (SSSR count). The number of hydrogen-bond acceptors (Lipinski definition) is 5. The van der Waals surface area contributed by atoms with E-state index in [0.29, 0.717) is 11.0 Å². The molecule has 1 amide bonds. The number of anilines is 1. The summed E-state index contributed by atoms with van der Waals surface area (Å²) in [6.45, 7) is 8.44. The molecular formula is C25H26N2O3S. The molecule has 6 heteroatoms. The van der Waals surface area contributed by atoms with Crippen molar-refractivity contribution in [3.05, 3.63) is 64.2 Å². The van der Waals surface area contributed by atoms with Gasteiger partial charge in [-0.05, 0) is 67.3 Å². The molecule has 0 atom stereocenters. The minimum Gasteiger partial charge on any atom is -0.497 e. The number of rotatable bonds is 6. The molecule has 0 aliphatic rings. The number of carbonyl (C=O) groups excluding carboxylic acids is 1. The Morgan fingerprint density at radius 1 is 1.19 bits per heavy atom. The van der Waals surface area contributed by atoms with Crippen LogP contribution in [0.2, 0.25) is 0 Å². The highest BCUT2D eigenvalue weighted by Gasteiger charge is 2.16. The molecule has 160 valence electrons. The number of hydrogen-bond donors (Lipinski definition) is 1. The summed E-state index contributed by atoms with van der Waals surface area (Å²) in [6.07, 6.45) is 1.92. The Bertz CT molecular complexity index is 1240. The first-order chi connectivity index (χ1) is 14.9. The first kappa shape index (κ1) is 21.1. The number of aromatic nitrogens is 1. The van der Waals surface area contributed by atoms with Crippen LogP contribution in [0.1, 0.15) is 41.3 Å². The van der Waals surface area contributed by atoms with Gasteiger partial charge in [-0.3, -0.25) is 4.79 Å². The second kappa shape index (κ2) is 8.55. The van der Waals surface area contributed by atoms with Crippen molar-refractivity contribution in [2.75, 3.05) is 12.4 Å². The number of nitrogens with one attached hydrogen (secondary N) is 1. The van der Waals surface area contributed by atoms with Crippen molar-refractivity contribution in [2.24, 2.45) is 0 Å². The van der Waals surface area contributed by atoms with Gasteiger partial charge in [0.15, 0.2) is 5.13 Å². The van der Waals surface area contributed by atoms with E-state index in [9.17, 15) is 4.79 Å². The van der Waals surface area contributed by atoms with Gasteiger partial charge < -0.3 is 14.5 Å². The highest BCUT2D eigenvalue weighted by Crippen LogP contribution is 2.32. The highest BCUT2D eigenvalue weighted by atomic mass is 32.1. The zero-order valence-corrected chi connectivity index (χ0v) is 19.2. The third-order valence-corrected chi connectivity index (χ3v) is 6.31. The Morgan fingerprint density at radius 3 is 2.61 bits per heavy atom. The van der Waals surface area contributed by atoms with Crippen LogP contribution in [0.3, 0.4) is 0 Å². The quantitative estimate of drug-likeness (QED) is 0.377. The summed E-state index contributed by atoms with van der Waals surface area (Å²) in [5.74, 6) is 1.10. The van der Waals surface area contributed by atoms with Gasteiger partial charge >= 0.3 is 0 Å². The molecule has 0 saturated carbocycles. The van der Waals surface area contributed by atoms with E-state index >= 15 is 0 Å². The number of nitrogens with zero attached hydrogens (tertiary/aromatic N) is 1. The number of fused-ring (bicyclic) bond motifs is 1. The smallest absolute Gasteiger partial charge is 0.230 e. The molecule has 0 aliphatic carbocycles. The van der Waals surface area contributed by atoms with E-state index in [4.69, 9.17) is 9.15 Å². The van der Waals surface area contributed by atoms with Gasteiger partial charge in [0.1, 0.15) is 11.3 Å².